The van der Waals surface area contributed by atoms with Crippen molar-refractivity contribution in [1.82, 2.24) is 14.3 Å². The van der Waals surface area contributed by atoms with E-state index >= 15 is 0 Å². The third-order valence-corrected chi connectivity index (χ3v) is 6.85. The smallest absolute Gasteiger partial charge is 0.280 e. The Kier molecular flexibility index (Phi) is 6.57. The Morgan fingerprint density at radius 1 is 0.943 bits per heavy atom. The van der Waals surface area contributed by atoms with Gasteiger partial charge in [0.25, 0.3) is 5.91 Å². The van der Waals surface area contributed by atoms with Crippen molar-refractivity contribution in [2.45, 2.75) is 19.9 Å². The fourth-order valence-corrected chi connectivity index (χ4v) is 4.90. The summed E-state index contributed by atoms with van der Waals surface area (Å²) in [6.45, 7) is 2.68. The van der Waals surface area contributed by atoms with Gasteiger partial charge in [-0.05, 0) is 36.2 Å². The number of carbonyl (C=O) groups excluding carboxylic acids is 2. The number of amides is 1. The van der Waals surface area contributed by atoms with Gasteiger partial charge < -0.3 is 4.57 Å². The van der Waals surface area contributed by atoms with Crippen LogP contribution in [0.15, 0.2) is 84.9 Å². The van der Waals surface area contributed by atoms with Gasteiger partial charge >= 0.3 is 0 Å². The summed E-state index contributed by atoms with van der Waals surface area (Å²) in [5.74, 6) is -0.398. The zero-order valence-electron chi connectivity index (χ0n) is 19.0. The van der Waals surface area contributed by atoms with E-state index in [9.17, 15) is 9.59 Å². The van der Waals surface area contributed by atoms with Gasteiger partial charge in [0.1, 0.15) is 5.69 Å². The number of nitrogens with one attached hydrogen (secondary N) is 1. The first-order chi connectivity index (χ1) is 17.0. The van der Waals surface area contributed by atoms with Crippen LogP contribution in [0.4, 0.5) is 0 Å². The Hall–Kier alpha value is -3.61. The number of aryl methyl sites for hydroxylation is 1. The van der Waals surface area contributed by atoms with Gasteiger partial charge in [-0.2, -0.15) is 0 Å². The van der Waals surface area contributed by atoms with Crippen molar-refractivity contribution in [2.24, 2.45) is 0 Å². The molecule has 0 fully saturated rings. The maximum atomic E-state index is 13.0. The predicted molar refractivity (Wildman–Crippen MR) is 143 cm³/mol. The molecule has 0 aliphatic carbocycles. The van der Waals surface area contributed by atoms with Crippen LogP contribution in [0.3, 0.4) is 0 Å². The molecular formula is C28H22ClN3O2S. The SMILES string of the molecule is CCc1nc(C(=O)NSC(=O)c2ccccc2)cc2c3ccccc3n(Cc3ccc(Cl)cc3)c12. The van der Waals surface area contributed by atoms with E-state index in [1.54, 1.807) is 24.3 Å². The Labute approximate surface area is 212 Å². The summed E-state index contributed by atoms with van der Waals surface area (Å²) in [6.07, 6.45) is 0.657. The van der Waals surface area contributed by atoms with Crippen molar-refractivity contribution < 1.29 is 9.59 Å². The molecule has 0 spiro atoms. The molecule has 35 heavy (non-hydrogen) atoms. The lowest BCUT2D eigenvalue weighted by atomic mass is 10.1. The van der Waals surface area contributed by atoms with E-state index in [1.165, 1.54) is 0 Å². The van der Waals surface area contributed by atoms with Crippen LogP contribution in [0, 0.1) is 0 Å². The van der Waals surface area contributed by atoms with Gasteiger partial charge in [0.05, 0.1) is 11.2 Å². The minimum atomic E-state index is -0.398. The summed E-state index contributed by atoms with van der Waals surface area (Å²) in [7, 11) is 0. The number of rotatable bonds is 5. The highest BCUT2D eigenvalue weighted by Gasteiger charge is 2.19. The summed E-state index contributed by atoms with van der Waals surface area (Å²) in [5.41, 5.74) is 4.85. The second-order valence-electron chi connectivity index (χ2n) is 8.12. The molecule has 2 aromatic heterocycles. The lowest BCUT2D eigenvalue weighted by Gasteiger charge is -2.11. The molecule has 0 saturated heterocycles. The van der Waals surface area contributed by atoms with Crippen LogP contribution < -0.4 is 4.72 Å². The van der Waals surface area contributed by atoms with Gasteiger partial charge in [-0.1, -0.05) is 79.2 Å². The van der Waals surface area contributed by atoms with Crippen molar-refractivity contribution in [3.05, 3.63) is 112 Å². The van der Waals surface area contributed by atoms with Crippen LogP contribution in [0.2, 0.25) is 5.02 Å². The quantitative estimate of drug-likeness (QED) is 0.274. The number of carbonyl (C=O) groups is 2. The molecule has 5 rings (SSSR count). The monoisotopic (exact) mass is 499 g/mol. The summed E-state index contributed by atoms with van der Waals surface area (Å²) in [5, 5.41) is 2.49. The highest BCUT2D eigenvalue weighted by atomic mass is 35.5. The van der Waals surface area contributed by atoms with Gasteiger partial charge in [0.2, 0.25) is 5.12 Å². The average Bonchev–Trinajstić information content (AvgIpc) is 3.21. The number of benzene rings is 3. The van der Waals surface area contributed by atoms with Crippen molar-refractivity contribution in [3.63, 3.8) is 0 Å². The third kappa shape index (κ3) is 4.67. The summed E-state index contributed by atoms with van der Waals surface area (Å²) >= 11 is 6.85. The fourth-order valence-electron chi connectivity index (χ4n) is 4.23. The van der Waals surface area contributed by atoms with E-state index < -0.39 is 5.91 Å². The molecule has 1 N–H and O–H groups in total. The van der Waals surface area contributed by atoms with Crippen molar-refractivity contribution in [1.29, 1.82) is 0 Å². The van der Waals surface area contributed by atoms with Crippen LogP contribution in [0.5, 0.6) is 0 Å². The molecule has 0 aliphatic heterocycles. The summed E-state index contributed by atoms with van der Waals surface area (Å²) < 4.78 is 4.90. The van der Waals surface area contributed by atoms with E-state index in [1.807, 2.05) is 55.5 Å². The molecule has 174 valence electrons. The first-order valence-electron chi connectivity index (χ1n) is 11.3. The number of hydrogen-bond acceptors (Lipinski definition) is 4. The molecule has 0 atom stereocenters. The van der Waals surface area contributed by atoms with Crippen molar-refractivity contribution >= 4 is 56.4 Å². The standard InChI is InChI=1S/C28H22ClN3O2S/c1-2-23-26-22(16-24(30-23)27(33)31-35-28(34)19-8-4-3-5-9-19)21-10-6-7-11-25(21)32(26)17-18-12-14-20(29)15-13-18/h3-16H,2,17H2,1H3,(H,31,33). The van der Waals surface area contributed by atoms with E-state index in [0.717, 1.165) is 45.0 Å². The molecule has 0 unspecified atom stereocenters. The Bertz CT molecular complexity index is 1550. The molecule has 5 nitrogen and oxygen atoms in total. The molecule has 2 heterocycles. The molecule has 0 saturated carbocycles. The predicted octanol–water partition coefficient (Wildman–Crippen LogP) is 6.67. The third-order valence-electron chi connectivity index (χ3n) is 5.89. The fraction of sp³-hybridized carbons (Fsp3) is 0.107. The first-order valence-corrected chi connectivity index (χ1v) is 12.5. The number of fused-ring (bicyclic) bond motifs is 3. The highest BCUT2D eigenvalue weighted by Crippen LogP contribution is 2.32. The largest absolute Gasteiger partial charge is 0.334 e. The minimum Gasteiger partial charge on any atom is -0.334 e. The number of nitrogens with zero attached hydrogens (tertiary/aromatic N) is 2. The zero-order valence-corrected chi connectivity index (χ0v) is 20.6. The van der Waals surface area contributed by atoms with Crippen LogP contribution in [0.1, 0.15) is 39.0 Å². The second-order valence-corrected chi connectivity index (χ2v) is 9.34. The van der Waals surface area contributed by atoms with Gasteiger partial charge in [-0.15, -0.1) is 0 Å². The second kappa shape index (κ2) is 9.94. The molecule has 3 aromatic carbocycles. The first kappa shape index (κ1) is 23.1. The summed E-state index contributed by atoms with van der Waals surface area (Å²) in [6, 6.07) is 26.6. The topological polar surface area (TPSA) is 64.0 Å². The number of para-hydroxylation sites is 1. The van der Waals surface area contributed by atoms with E-state index in [4.69, 9.17) is 16.6 Å². The minimum absolute atomic E-state index is 0.227. The average molecular weight is 500 g/mol. The number of halogens is 1. The van der Waals surface area contributed by atoms with Crippen LogP contribution >= 0.6 is 23.5 Å². The lowest BCUT2D eigenvalue weighted by molar-refractivity contribution is 0.0973. The Morgan fingerprint density at radius 3 is 2.40 bits per heavy atom. The van der Waals surface area contributed by atoms with Crippen LogP contribution in [-0.4, -0.2) is 20.6 Å². The maximum Gasteiger partial charge on any atom is 0.280 e. The number of aromatic nitrogens is 2. The van der Waals surface area contributed by atoms with Crippen LogP contribution in [0.25, 0.3) is 21.8 Å². The van der Waals surface area contributed by atoms with Crippen molar-refractivity contribution in [3.8, 4) is 0 Å². The molecular weight excluding hydrogens is 478 g/mol. The lowest BCUT2D eigenvalue weighted by Crippen LogP contribution is -2.20. The molecule has 7 heteroatoms. The van der Waals surface area contributed by atoms with Gasteiger partial charge in [0.15, 0.2) is 0 Å². The van der Waals surface area contributed by atoms with E-state index in [0.29, 0.717) is 23.6 Å². The van der Waals surface area contributed by atoms with E-state index in [-0.39, 0.29) is 10.8 Å². The Morgan fingerprint density at radius 2 is 1.66 bits per heavy atom. The van der Waals surface area contributed by atoms with Gasteiger partial charge in [-0.25, -0.2) is 4.98 Å². The maximum absolute atomic E-state index is 13.0. The molecule has 0 radical (unpaired) electrons. The van der Waals surface area contributed by atoms with Gasteiger partial charge in [0, 0.05) is 45.4 Å². The number of pyridine rings is 1. The normalized spacial score (nSPS) is 11.1. The molecule has 1 amide bonds. The van der Waals surface area contributed by atoms with Crippen LogP contribution in [-0.2, 0) is 13.0 Å². The van der Waals surface area contributed by atoms with E-state index in [2.05, 4.69) is 21.4 Å². The summed E-state index contributed by atoms with van der Waals surface area (Å²) in [4.78, 5) is 30.1. The highest BCUT2D eigenvalue weighted by molar-refractivity contribution is 8.12. The molecule has 0 aliphatic rings. The Balaban J connectivity index is 1.53. The van der Waals surface area contributed by atoms with Crippen molar-refractivity contribution in [2.75, 3.05) is 0 Å². The molecule has 5 aromatic rings. The number of hydrogen-bond donors (Lipinski definition) is 1. The molecule has 0 bridgehead atoms. The zero-order chi connectivity index (χ0) is 24.4. The van der Waals surface area contributed by atoms with Gasteiger partial charge in [-0.3, -0.25) is 14.3 Å².